The molecule has 27 heavy (non-hydrogen) atoms. The molecule has 1 heterocycles. The van der Waals surface area contributed by atoms with E-state index in [-0.39, 0.29) is 42.4 Å². The zero-order valence-electron chi connectivity index (χ0n) is 16.9. The topological polar surface area (TPSA) is 26.7 Å². The smallest absolute Gasteiger partial charge is 0.101 e. The van der Waals surface area contributed by atoms with Gasteiger partial charge in [0.1, 0.15) is 5.60 Å². The highest BCUT2D eigenvalue weighted by Crippen LogP contribution is 2.47. The number of likely N-dealkylation sites (N-methyl/N-ethyl adjacent to an activating group) is 1. The summed E-state index contributed by atoms with van der Waals surface area (Å²) in [6, 6.07) is 11.4. The molecule has 1 aromatic rings. The van der Waals surface area contributed by atoms with Crippen LogP contribution in [-0.2, 0) is 5.54 Å². The highest BCUT2D eigenvalue weighted by Gasteiger charge is 2.51. The van der Waals surface area contributed by atoms with Gasteiger partial charge in [0.2, 0.25) is 0 Å². The molecule has 0 spiro atoms. The van der Waals surface area contributed by atoms with Gasteiger partial charge in [-0.25, -0.2) is 0 Å². The van der Waals surface area contributed by atoms with Crippen molar-refractivity contribution in [2.24, 2.45) is 0 Å². The van der Waals surface area contributed by atoms with Crippen molar-refractivity contribution in [3.05, 3.63) is 48.6 Å². The molecule has 1 N–H and O–H groups in total. The van der Waals surface area contributed by atoms with Gasteiger partial charge in [-0.2, -0.15) is 0 Å². The summed E-state index contributed by atoms with van der Waals surface area (Å²) in [5.74, 6) is 0. The van der Waals surface area contributed by atoms with Crippen molar-refractivity contribution in [1.29, 1.82) is 0 Å². The summed E-state index contributed by atoms with van der Waals surface area (Å²) < 4.78 is 0. The number of piperidine rings is 1. The Labute approximate surface area is 177 Å². The van der Waals surface area contributed by atoms with Crippen LogP contribution in [0.5, 0.6) is 0 Å². The number of rotatable bonds is 4. The van der Waals surface area contributed by atoms with Gasteiger partial charge in [-0.05, 0) is 45.8 Å². The summed E-state index contributed by atoms with van der Waals surface area (Å²) in [4.78, 5) is 4.88. The molecule has 1 aromatic carbocycles. The Hall–Kier alpha value is -0.580. The van der Waals surface area contributed by atoms with Crippen LogP contribution in [0.2, 0.25) is 0 Å². The van der Waals surface area contributed by atoms with E-state index in [4.69, 9.17) is 0 Å². The van der Waals surface area contributed by atoms with Gasteiger partial charge in [0, 0.05) is 18.1 Å². The molecule has 154 valence electrons. The maximum Gasteiger partial charge on any atom is 0.101 e. The van der Waals surface area contributed by atoms with Crippen LogP contribution in [0.1, 0.15) is 51.0 Å². The summed E-state index contributed by atoms with van der Waals surface area (Å²) in [5.41, 5.74) is 0.741. The zero-order valence-corrected chi connectivity index (χ0v) is 18.6. The molecule has 0 bridgehead atoms. The fourth-order valence-electron chi connectivity index (χ4n) is 5.57. The van der Waals surface area contributed by atoms with E-state index >= 15 is 0 Å². The van der Waals surface area contributed by atoms with Crippen molar-refractivity contribution in [3.8, 4) is 0 Å². The molecule has 1 saturated carbocycles. The predicted octanol–water partition coefficient (Wildman–Crippen LogP) is 4.63. The van der Waals surface area contributed by atoms with Gasteiger partial charge in [-0.15, -0.1) is 31.4 Å². The minimum atomic E-state index is -0.814. The second-order valence-corrected chi connectivity index (χ2v) is 8.25. The lowest BCUT2D eigenvalue weighted by atomic mass is 9.71. The minimum Gasteiger partial charge on any atom is -0.384 e. The van der Waals surface area contributed by atoms with Gasteiger partial charge in [-0.3, -0.25) is 4.90 Å². The molecule has 0 radical (unpaired) electrons. The fourth-order valence-corrected chi connectivity index (χ4v) is 5.57. The molecule has 5 heteroatoms. The Morgan fingerprint density at radius 2 is 1.67 bits per heavy atom. The number of likely N-dealkylation sites (tertiary alicyclic amines) is 1. The van der Waals surface area contributed by atoms with Crippen LogP contribution in [0, 0.1) is 0 Å². The van der Waals surface area contributed by atoms with Crippen LogP contribution in [0.25, 0.3) is 0 Å². The summed E-state index contributed by atoms with van der Waals surface area (Å²) >= 11 is 0. The van der Waals surface area contributed by atoms with E-state index in [1.807, 2.05) is 0 Å². The lowest BCUT2D eigenvalue weighted by Gasteiger charge is -2.58. The van der Waals surface area contributed by atoms with Crippen molar-refractivity contribution in [2.45, 2.75) is 68.7 Å². The first kappa shape index (κ1) is 24.5. The highest BCUT2D eigenvalue weighted by molar-refractivity contribution is 5.85. The molecule has 2 aliphatic rings. The first-order valence-corrected chi connectivity index (χ1v) is 9.79. The molecular formula is C22H36Cl2N2O. The third-order valence-electron chi connectivity index (χ3n) is 6.67. The molecule has 1 aliphatic heterocycles. The molecule has 2 fully saturated rings. The second kappa shape index (κ2) is 9.76. The Balaban J connectivity index is 0.00000182. The van der Waals surface area contributed by atoms with E-state index in [0.717, 1.165) is 13.0 Å². The van der Waals surface area contributed by atoms with Crippen molar-refractivity contribution in [2.75, 3.05) is 20.6 Å². The van der Waals surface area contributed by atoms with Crippen LogP contribution in [0.4, 0.5) is 0 Å². The van der Waals surface area contributed by atoms with Gasteiger partial charge < -0.3 is 10.0 Å². The molecule has 3 atom stereocenters. The van der Waals surface area contributed by atoms with E-state index in [0.29, 0.717) is 0 Å². The van der Waals surface area contributed by atoms with Gasteiger partial charge in [-0.1, -0.05) is 55.7 Å². The number of aliphatic hydroxyl groups is 1. The van der Waals surface area contributed by atoms with Crippen molar-refractivity contribution < 1.29 is 5.11 Å². The Bertz CT molecular complexity index is 589. The molecular weight excluding hydrogens is 379 g/mol. The fraction of sp³-hybridized carbons (Fsp3) is 0.636. The maximum atomic E-state index is 11.2. The summed E-state index contributed by atoms with van der Waals surface area (Å²) in [5, 5.41) is 11.2. The van der Waals surface area contributed by atoms with Crippen LogP contribution >= 0.6 is 24.8 Å². The van der Waals surface area contributed by atoms with E-state index < -0.39 is 5.60 Å². The molecule has 0 amide bonds. The van der Waals surface area contributed by atoms with E-state index in [1.165, 1.54) is 37.7 Å². The van der Waals surface area contributed by atoms with Gasteiger partial charge in [0.05, 0.1) is 6.04 Å². The third-order valence-corrected chi connectivity index (χ3v) is 6.67. The quantitative estimate of drug-likeness (QED) is 0.727. The van der Waals surface area contributed by atoms with Crippen LogP contribution < -0.4 is 0 Å². The lowest BCUT2D eigenvalue weighted by Crippen LogP contribution is -2.68. The van der Waals surface area contributed by atoms with Gasteiger partial charge in [0.25, 0.3) is 0 Å². The van der Waals surface area contributed by atoms with Crippen LogP contribution in [0.3, 0.4) is 0 Å². The first-order valence-electron chi connectivity index (χ1n) is 9.79. The van der Waals surface area contributed by atoms with E-state index in [2.05, 4.69) is 67.7 Å². The normalized spacial score (nSPS) is 30.9. The zero-order chi connectivity index (χ0) is 18.1. The number of hydrogen-bond acceptors (Lipinski definition) is 3. The van der Waals surface area contributed by atoms with Gasteiger partial charge in [0.15, 0.2) is 0 Å². The monoisotopic (exact) mass is 414 g/mol. The SMILES string of the molecule is C=CC1(O)CCN(C2(c3ccccc3)CCCCC2)C(C)C1N(C)C.Cl.Cl. The maximum absolute atomic E-state index is 11.2. The average molecular weight is 415 g/mol. The van der Waals surface area contributed by atoms with Crippen LogP contribution in [0.15, 0.2) is 43.0 Å². The molecule has 0 aromatic heterocycles. The van der Waals surface area contributed by atoms with Gasteiger partial charge >= 0.3 is 0 Å². The first-order chi connectivity index (χ1) is 11.9. The molecule has 3 rings (SSSR count). The molecule has 3 nitrogen and oxygen atoms in total. The summed E-state index contributed by atoms with van der Waals surface area (Å²) in [7, 11) is 4.16. The molecule has 1 saturated heterocycles. The average Bonchev–Trinajstić information content (AvgIpc) is 2.63. The van der Waals surface area contributed by atoms with Crippen molar-refractivity contribution >= 4 is 24.8 Å². The standard InChI is InChI=1S/C22H34N2O.2ClH/c1-5-22(25)16-17-24(18(2)20(22)23(3)4)21(14-10-7-11-15-21)19-12-8-6-9-13-19;;/h5-6,8-9,12-13,18,20,25H,1,7,10-11,14-17H2,2-4H3;2*1H. The number of halogens is 2. The number of nitrogens with zero attached hydrogens (tertiary/aromatic N) is 2. The van der Waals surface area contributed by atoms with Crippen LogP contribution in [-0.4, -0.2) is 53.2 Å². The molecule has 3 unspecified atom stereocenters. The van der Waals surface area contributed by atoms with E-state index in [1.54, 1.807) is 6.08 Å². The number of hydrogen-bond donors (Lipinski definition) is 1. The third kappa shape index (κ3) is 4.38. The number of benzene rings is 1. The predicted molar refractivity (Wildman–Crippen MR) is 119 cm³/mol. The summed E-state index contributed by atoms with van der Waals surface area (Å²) in [6.07, 6.45) is 8.86. The Morgan fingerprint density at radius 3 is 2.19 bits per heavy atom. The second-order valence-electron chi connectivity index (χ2n) is 8.25. The lowest BCUT2D eigenvalue weighted by molar-refractivity contribution is -0.117. The van der Waals surface area contributed by atoms with Crippen molar-refractivity contribution in [1.82, 2.24) is 9.80 Å². The molecule has 1 aliphatic carbocycles. The Morgan fingerprint density at radius 1 is 1.07 bits per heavy atom. The van der Waals surface area contributed by atoms with E-state index in [9.17, 15) is 5.11 Å². The summed E-state index contributed by atoms with van der Waals surface area (Å²) in [6.45, 7) is 7.15. The highest BCUT2D eigenvalue weighted by atomic mass is 35.5. The van der Waals surface area contributed by atoms with Crippen molar-refractivity contribution in [3.63, 3.8) is 0 Å². The Kier molecular flexibility index (Phi) is 8.84. The largest absolute Gasteiger partial charge is 0.384 e. The minimum absolute atomic E-state index is 0.